The summed E-state index contributed by atoms with van der Waals surface area (Å²) in [6, 6.07) is 6.55. The molecule has 1 heterocycles. The number of hydrogen-bond donors (Lipinski definition) is 1. The van der Waals surface area contributed by atoms with Crippen LogP contribution in [0.2, 0.25) is 0 Å². The SMILES string of the molecule is CC(C)(C)OC(=O)NC1CCN(C(=O)CCc2ccccc2F)CC1. The van der Waals surface area contributed by atoms with Crippen molar-refractivity contribution in [2.24, 2.45) is 0 Å². The number of amides is 2. The van der Waals surface area contributed by atoms with Crippen molar-refractivity contribution in [2.45, 2.75) is 58.1 Å². The van der Waals surface area contributed by atoms with Crippen molar-refractivity contribution in [2.75, 3.05) is 13.1 Å². The molecule has 2 rings (SSSR count). The largest absolute Gasteiger partial charge is 0.444 e. The Labute approximate surface area is 148 Å². The zero-order valence-electron chi connectivity index (χ0n) is 15.2. The Morgan fingerprint density at radius 2 is 1.88 bits per heavy atom. The Balaban J connectivity index is 1.73. The standard InChI is InChI=1S/C19H27FN2O3/c1-19(2,3)25-18(24)21-15-10-12-22(13-11-15)17(23)9-8-14-6-4-5-7-16(14)20/h4-7,15H,8-13H2,1-3H3,(H,21,24). The molecule has 0 saturated carbocycles. The van der Waals surface area contributed by atoms with E-state index in [4.69, 9.17) is 4.74 Å². The maximum atomic E-state index is 13.6. The Bertz CT molecular complexity index is 605. The predicted molar refractivity (Wildman–Crippen MR) is 93.7 cm³/mol. The molecule has 25 heavy (non-hydrogen) atoms. The van der Waals surface area contributed by atoms with E-state index in [0.717, 1.165) is 0 Å². The van der Waals surface area contributed by atoms with E-state index in [1.165, 1.54) is 6.07 Å². The van der Waals surface area contributed by atoms with Crippen molar-refractivity contribution in [3.05, 3.63) is 35.6 Å². The van der Waals surface area contributed by atoms with Gasteiger partial charge in [-0.05, 0) is 51.7 Å². The molecule has 1 fully saturated rings. The second-order valence-corrected chi connectivity index (χ2v) is 7.39. The molecule has 0 atom stereocenters. The quantitative estimate of drug-likeness (QED) is 0.907. The van der Waals surface area contributed by atoms with Crippen LogP contribution in [0.15, 0.2) is 24.3 Å². The third-order valence-corrected chi connectivity index (χ3v) is 4.13. The number of ether oxygens (including phenoxy) is 1. The highest BCUT2D eigenvalue weighted by molar-refractivity contribution is 5.76. The fourth-order valence-electron chi connectivity index (χ4n) is 2.85. The molecule has 138 valence electrons. The Kier molecular flexibility index (Phi) is 6.39. The smallest absolute Gasteiger partial charge is 0.407 e. The number of hydrogen-bond acceptors (Lipinski definition) is 3. The highest BCUT2D eigenvalue weighted by Crippen LogP contribution is 2.15. The molecule has 6 heteroatoms. The highest BCUT2D eigenvalue weighted by Gasteiger charge is 2.25. The monoisotopic (exact) mass is 350 g/mol. The average Bonchev–Trinajstić information content (AvgIpc) is 2.52. The van der Waals surface area contributed by atoms with E-state index in [0.29, 0.717) is 44.3 Å². The van der Waals surface area contributed by atoms with E-state index in [1.807, 2.05) is 20.8 Å². The van der Waals surface area contributed by atoms with Crippen LogP contribution < -0.4 is 5.32 Å². The maximum Gasteiger partial charge on any atom is 0.407 e. The lowest BCUT2D eigenvalue weighted by Gasteiger charge is -2.33. The Morgan fingerprint density at radius 1 is 1.24 bits per heavy atom. The van der Waals surface area contributed by atoms with Gasteiger partial charge in [-0.15, -0.1) is 0 Å². The van der Waals surface area contributed by atoms with Crippen molar-refractivity contribution in [1.82, 2.24) is 10.2 Å². The summed E-state index contributed by atoms with van der Waals surface area (Å²) in [5, 5.41) is 2.85. The molecule has 0 aliphatic carbocycles. The van der Waals surface area contributed by atoms with Gasteiger partial charge in [0, 0.05) is 25.6 Å². The number of carbonyl (C=O) groups is 2. The average molecular weight is 350 g/mol. The number of benzene rings is 1. The molecule has 0 bridgehead atoms. The minimum atomic E-state index is -0.520. The van der Waals surface area contributed by atoms with Crippen LogP contribution in [0.5, 0.6) is 0 Å². The summed E-state index contributed by atoms with van der Waals surface area (Å²) in [4.78, 5) is 25.9. The molecular formula is C19H27FN2O3. The van der Waals surface area contributed by atoms with Gasteiger partial charge in [0.25, 0.3) is 0 Å². The molecule has 1 aliphatic rings. The zero-order valence-corrected chi connectivity index (χ0v) is 15.2. The number of rotatable bonds is 4. The lowest BCUT2D eigenvalue weighted by Crippen LogP contribution is -2.47. The fourth-order valence-corrected chi connectivity index (χ4v) is 2.85. The van der Waals surface area contributed by atoms with Gasteiger partial charge in [-0.1, -0.05) is 18.2 Å². The number of nitrogens with one attached hydrogen (secondary N) is 1. The molecule has 1 N–H and O–H groups in total. The van der Waals surface area contributed by atoms with E-state index >= 15 is 0 Å². The van der Waals surface area contributed by atoms with Gasteiger partial charge in [0.05, 0.1) is 0 Å². The summed E-state index contributed by atoms with van der Waals surface area (Å²) in [6.07, 6.45) is 1.68. The molecule has 0 unspecified atom stereocenters. The van der Waals surface area contributed by atoms with Gasteiger partial charge in [-0.25, -0.2) is 9.18 Å². The molecule has 1 aromatic carbocycles. The summed E-state index contributed by atoms with van der Waals surface area (Å²) in [7, 11) is 0. The van der Waals surface area contributed by atoms with E-state index in [2.05, 4.69) is 5.32 Å². The molecule has 1 saturated heterocycles. The van der Waals surface area contributed by atoms with Gasteiger partial charge in [0.2, 0.25) is 5.91 Å². The van der Waals surface area contributed by atoms with Crippen LogP contribution in [-0.4, -0.2) is 41.6 Å². The number of likely N-dealkylation sites (tertiary alicyclic amines) is 1. The normalized spacial score (nSPS) is 15.8. The molecule has 5 nitrogen and oxygen atoms in total. The van der Waals surface area contributed by atoms with E-state index in [1.54, 1.807) is 23.1 Å². The summed E-state index contributed by atoms with van der Waals surface area (Å²) in [5.41, 5.74) is 0.0466. The molecule has 0 radical (unpaired) electrons. The van der Waals surface area contributed by atoms with Gasteiger partial charge >= 0.3 is 6.09 Å². The third-order valence-electron chi connectivity index (χ3n) is 4.13. The zero-order chi connectivity index (χ0) is 18.4. The number of halogens is 1. The molecule has 0 spiro atoms. The first-order valence-corrected chi connectivity index (χ1v) is 8.75. The number of piperidine rings is 1. The van der Waals surface area contributed by atoms with Gasteiger partial charge in [0.1, 0.15) is 11.4 Å². The minimum Gasteiger partial charge on any atom is -0.444 e. The fraction of sp³-hybridized carbons (Fsp3) is 0.579. The van der Waals surface area contributed by atoms with Crippen LogP contribution in [0.3, 0.4) is 0 Å². The number of alkyl carbamates (subject to hydrolysis) is 1. The first kappa shape index (κ1) is 19.2. The first-order chi connectivity index (χ1) is 11.7. The minimum absolute atomic E-state index is 0.0190. The van der Waals surface area contributed by atoms with Crippen molar-refractivity contribution < 1.29 is 18.7 Å². The Morgan fingerprint density at radius 3 is 2.48 bits per heavy atom. The molecule has 0 aromatic heterocycles. The van der Waals surface area contributed by atoms with Crippen LogP contribution in [0.1, 0.15) is 45.6 Å². The molecule has 1 aromatic rings. The van der Waals surface area contributed by atoms with Crippen molar-refractivity contribution in [3.8, 4) is 0 Å². The van der Waals surface area contributed by atoms with E-state index < -0.39 is 11.7 Å². The van der Waals surface area contributed by atoms with Gasteiger partial charge < -0.3 is 15.0 Å². The van der Waals surface area contributed by atoms with Crippen molar-refractivity contribution >= 4 is 12.0 Å². The summed E-state index contributed by atoms with van der Waals surface area (Å²) < 4.78 is 18.8. The third kappa shape index (κ3) is 6.36. The van der Waals surface area contributed by atoms with Crippen LogP contribution in [-0.2, 0) is 16.0 Å². The van der Waals surface area contributed by atoms with Crippen LogP contribution in [0.25, 0.3) is 0 Å². The van der Waals surface area contributed by atoms with Crippen LogP contribution >= 0.6 is 0 Å². The lowest BCUT2D eigenvalue weighted by molar-refractivity contribution is -0.132. The van der Waals surface area contributed by atoms with Crippen LogP contribution in [0, 0.1) is 5.82 Å². The second-order valence-electron chi connectivity index (χ2n) is 7.39. The van der Waals surface area contributed by atoms with Gasteiger partial charge in [-0.2, -0.15) is 0 Å². The molecule has 2 amide bonds. The topological polar surface area (TPSA) is 58.6 Å². The van der Waals surface area contributed by atoms with Gasteiger partial charge in [0.15, 0.2) is 0 Å². The van der Waals surface area contributed by atoms with Crippen molar-refractivity contribution in [1.29, 1.82) is 0 Å². The highest BCUT2D eigenvalue weighted by atomic mass is 19.1. The van der Waals surface area contributed by atoms with Gasteiger partial charge in [-0.3, -0.25) is 4.79 Å². The van der Waals surface area contributed by atoms with E-state index in [-0.39, 0.29) is 17.8 Å². The summed E-state index contributed by atoms with van der Waals surface area (Å²) in [5.74, 6) is -0.241. The number of carbonyl (C=O) groups excluding carboxylic acids is 2. The Hall–Kier alpha value is -2.11. The first-order valence-electron chi connectivity index (χ1n) is 8.75. The summed E-state index contributed by atoms with van der Waals surface area (Å²) in [6.45, 7) is 6.66. The molecule has 1 aliphatic heterocycles. The lowest BCUT2D eigenvalue weighted by atomic mass is 10.0. The van der Waals surface area contributed by atoms with Crippen LogP contribution in [0.4, 0.5) is 9.18 Å². The number of aryl methyl sites for hydroxylation is 1. The second kappa shape index (κ2) is 8.32. The van der Waals surface area contributed by atoms with E-state index in [9.17, 15) is 14.0 Å². The maximum absolute atomic E-state index is 13.6. The molecular weight excluding hydrogens is 323 g/mol. The van der Waals surface area contributed by atoms with Crippen molar-refractivity contribution in [3.63, 3.8) is 0 Å². The number of nitrogens with zero attached hydrogens (tertiary/aromatic N) is 1. The summed E-state index contributed by atoms with van der Waals surface area (Å²) >= 11 is 0. The predicted octanol–water partition coefficient (Wildman–Crippen LogP) is 3.27.